The van der Waals surface area contributed by atoms with Crippen LogP contribution in [0.1, 0.15) is 5.56 Å². The van der Waals surface area contributed by atoms with Crippen LogP contribution < -0.4 is 11.4 Å². The maximum absolute atomic E-state index is 12.7. The van der Waals surface area contributed by atoms with Crippen LogP contribution in [0.2, 0.25) is 0 Å². The van der Waals surface area contributed by atoms with E-state index in [-0.39, 0.29) is 23.6 Å². The smallest absolute Gasteiger partial charge is 0.327 e. The summed E-state index contributed by atoms with van der Waals surface area (Å²) in [5.74, 6) is 0.399. The molecule has 2 N–H and O–H groups in total. The molecule has 0 saturated heterocycles. The molecule has 0 bridgehead atoms. The van der Waals surface area contributed by atoms with E-state index in [9.17, 15) is 17.6 Å². The molecule has 1 aromatic carbocycles. The van der Waals surface area contributed by atoms with E-state index in [0.29, 0.717) is 12.1 Å². The lowest BCUT2D eigenvalue weighted by molar-refractivity contribution is 0.602. The molecule has 10 heteroatoms. The molecule has 0 saturated carbocycles. The average molecular weight is 417 g/mol. The second-order valence-electron chi connectivity index (χ2n) is 6.57. The molecule has 0 atom stereocenters. The van der Waals surface area contributed by atoms with Gasteiger partial charge < -0.3 is 5.73 Å². The SMILES string of the molecule is Cc1cc(-c2ccc(S(C)(=O)=O)cc2)cnc1-n1cnn(C/C(=C/F)CN)c1=O. The number of sulfone groups is 1. The summed E-state index contributed by atoms with van der Waals surface area (Å²) in [4.78, 5) is 17.2. The first-order valence-corrected chi connectivity index (χ1v) is 10.5. The van der Waals surface area contributed by atoms with Crippen LogP contribution in [0, 0.1) is 6.92 Å². The number of halogens is 1. The Hall–Kier alpha value is -3.11. The van der Waals surface area contributed by atoms with Crippen LogP contribution in [-0.4, -0.2) is 40.5 Å². The molecule has 0 radical (unpaired) electrons. The van der Waals surface area contributed by atoms with Gasteiger partial charge in [-0.2, -0.15) is 5.10 Å². The predicted octanol–water partition coefficient (Wildman–Crippen LogP) is 1.62. The van der Waals surface area contributed by atoms with Crippen LogP contribution in [0.25, 0.3) is 16.9 Å². The van der Waals surface area contributed by atoms with Gasteiger partial charge in [-0.05, 0) is 41.8 Å². The summed E-state index contributed by atoms with van der Waals surface area (Å²) < 4.78 is 38.3. The molecule has 2 aromatic heterocycles. The van der Waals surface area contributed by atoms with Crippen molar-refractivity contribution in [3.63, 3.8) is 0 Å². The average Bonchev–Trinajstić information content (AvgIpc) is 3.05. The zero-order chi connectivity index (χ0) is 21.2. The number of benzene rings is 1. The van der Waals surface area contributed by atoms with Crippen LogP contribution in [0.3, 0.4) is 0 Å². The van der Waals surface area contributed by atoms with E-state index in [1.807, 2.05) is 6.07 Å². The lowest BCUT2D eigenvalue weighted by atomic mass is 10.1. The Bertz CT molecular complexity index is 1230. The van der Waals surface area contributed by atoms with Crippen LogP contribution in [0.4, 0.5) is 4.39 Å². The zero-order valence-corrected chi connectivity index (χ0v) is 16.7. The Labute approximate surface area is 167 Å². The molecule has 3 rings (SSSR count). The number of nitrogens with zero attached hydrogens (tertiary/aromatic N) is 4. The van der Waals surface area contributed by atoms with Crippen LogP contribution in [-0.2, 0) is 16.4 Å². The summed E-state index contributed by atoms with van der Waals surface area (Å²) in [7, 11) is -3.27. The second-order valence-corrected chi connectivity index (χ2v) is 8.59. The second kappa shape index (κ2) is 8.10. The molecule has 0 aliphatic rings. The van der Waals surface area contributed by atoms with Gasteiger partial charge in [-0.3, -0.25) is 0 Å². The van der Waals surface area contributed by atoms with Gasteiger partial charge in [0.1, 0.15) is 12.1 Å². The molecular weight excluding hydrogens is 397 g/mol. The number of aromatic nitrogens is 4. The van der Waals surface area contributed by atoms with Gasteiger partial charge in [0.2, 0.25) is 0 Å². The minimum atomic E-state index is -3.27. The van der Waals surface area contributed by atoms with Crippen molar-refractivity contribution in [1.29, 1.82) is 0 Å². The number of pyridine rings is 1. The fourth-order valence-electron chi connectivity index (χ4n) is 2.80. The standard InChI is InChI=1S/C19H20FN5O3S/c1-13-7-16(15-3-5-17(6-4-15)29(2,27)28)10-22-18(13)24-12-23-25(19(24)26)11-14(8-20)9-21/h3-8,10,12H,9,11,21H2,1-2H3/b14-8+. The van der Waals surface area contributed by atoms with E-state index < -0.39 is 15.5 Å². The van der Waals surface area contributed by atoms with Crippen molar-refractivity contribution >= 4 is 9.84 Å². The molecule has 0 amide bonds. The van der Waals surface area contributed by atoms with Crippen LogP contribution >= 0.6 is 0 Å². The highest BCUT2D eigenvalue weighted by Gasteiger charge is 2.13. The maximum Gasteiger partial charge on any atom is 0.351 e. The summed E-state index contributed by atoms with van der Waals surface area (Å²) in [6.07, 6.45) is 4.44. The monoisotopic (exact) mass is 417 g/mol. The molecule has 0 fully saturated rings. The molecule has 0 spiro atoms. The number of hydrogen-bond acceptors (Lipinski definition) is 6. The highest BCUT2D eigenvalue weighted by Crippen LogP contribution is 2.23. The Balaban J connectivity index is 1.93. The van der Waals surface area contributed by atoms with Gasteiger partial charge in [-0.25, -0.2) is 31.8 Å². The molecular formula is C19H20FN5O3S. The first-order valence-electron chi connectivity index (χ1n) is 8.64. The van der Waals surface area contributed by atoms with Crippen molar-refractivity contribution in [1.82, 2.24) is 19.3 Å². The molecule has 152 valence electrons. The van der Waals surface area contributed by atoms with E-state index in [2.05, 4.69) is 10.1 Å². The molecule has 3 aromatic rings. The minimum absolute atomic E-state index is 0.0140. The maximum atomic E-state index is 12.7. The van der Waals surface area contributed by atoms with Crippen LogP contribution in [0.15, 0.2) is 64.4 Å². The van der Waals surface area contributed by atoms with E-state index >= 15 is 0 Å². The fourth-order valence-corrected chi connectivity index (χ4v) is 3.43. The summed E-state index contributed by atoms with van der Waals surface area (Å²) in [5.41, 5.74) is 7.50. The topological polar surface area (TPSA) is 113 Å². The third kappa shape index (κ3) is 4.33. The van der Waals surface area contributed by atoms with Crippen molar-refractivity contribution in [3.8, 4) is 16.9 Å². The highest BCUT2D eigenvalue weighted by molar-refractivity contribution is 7.90. The van der Waals surface area contributed by atoms with Gasteiger partial charge in [0.25, 0.3) is 0 Å². The number of nitrogens with two attached hydrogens (primary N) is 1. The fraction of sp³-hybridized carbons (Fsp3) is 0.211. The number of aryl methyl sites for hydroxylation is 1. The largest absolute Gasteiger partial charge is 0.351 e. The normalized spacial score (nSPS) is 12.3. The first-order chi connectivity index (χ1) is 13.7. The van der Waals surface area contributed by atoms with Gasteiger partial charge >= 0.3 is 5.69 Å². The molecule has 29 heavy (non-hydrogen) atoms. The van der Waals surface area contributed by atoms with Gasteiger partial charge in [-0.15, -0.1) is 0 Å². The quantitative estimate of drug-likeness (QED) is 0.652. The van der Waals surface area contributed by atoms with Gasteiger partial charge in [-0.1, -0.05) is 12.1 Å². The summed E-state index contributed by atoms with van der Waals surface area (Å²) in [6.45, 7) is 1.75. The van der Waals surface area contributed by atoms with Crippen molar-refractivity contribution in [2.24, 2.45) is 5.73 Å². The van der Waals surface area contributed by atoms with Crippen molar-refractivity contribution in [2.45, 2.75) is 18.4 Å². The Kier molecular flexibility index (Phi) is 5.76. The summed E-state index contributed by atoms with van der Waals surface area (Å²) >= 11 is 0. The van der Waals surface area contributed by atoms with Gasteiger partial charge in [0.05, 0.1) is 17.8 Å². The van der Waals surface area contributed by atoms with E-state index in [4.69, 9.17) is 5.73 Å². The molecule has 8 nitrogen and oxygen atoms in total. The Morgan fingerprint density at radius 3 is 2.48 bits per heavy atom. The Morgan fingerprint density at radius 1 is 1.24 bits per heavy atom. The molecule has 0 unspecified atom stereocenters. The molecule has 2 heterocycles. The number of rotatable bonds is 6. The van der Waals surface area contributed by atoms with Crippen molar-refractivity contribution in [3.05, 3.63) is 70.8 Å². The van der Waals surface area contributed by atoms with E-state index in [1.165, 1.54) is 23.0 Å². The highest BCUT2D eigenvalue weighted by atomic mass is 32.2. The predicted molar refractivity (Wildman–Crippen MR) is 107 cm³/mol. The van der Waals surface area contributed by atoms with Gasteiger partial charge in [0, 0.05) is 24.6 Å². The lowest BCUT2D eigenvalue weighted by Gasteiger charge is -2.08. The van der Waals surface area contributed by atoms with Crippen molar-refractivity contribution in [2.75, 3.05) is 12.8 Å². The third-order valence-corrected chi connectivity index (χ3v) is 5.53. The first kappa shape index (κ1) is 20.6. The van der Waals surface area contributed by atoms with Crippen LogP contribution in [0.5, 0.6) is 0 Å². The minimum Gasteiger partial charge on any atom is -0.327 e. The molecule has 0 aliphatic carbocycles. The third-order valence-electron chi connectivity index (χ3n) is 4.40. The number of hydrogen-bond donors (Lipinski definition) is 1. The van der Waals surface area contributed by atoms with Gasteiger partial charge in [0.15, 0.2) is 9.84 Å². The summed E-state index contributed by atoms with van der Waals surface area (Å²) in [5, 5.41) is 3.99. The summed E-state index contributed by atoms with van der Waals surface area (Å²) in [6, 6.07) is 8.32. The van der Waals surface area contributed by atoms with E-state index in [1.54, 1.807) is 25.3 Å². The van der Waals surface area contributed by atoms with Crippen molar-refractivity contribution < 1.29 is 12.8 Å². The zero-order valence-electron chi connectivity index (χ0n) is 15.9. The lowest BCUT2D eigenvalue weighted by Crippen LogP contribution is -2.26. The molecule has 0 aliphatic heterocycles. The van der Waals surface area contributed by atoms with E-state index in [0.717, 1.165) is 27.6 Å². The Morgan fingerprint density at radius 2 is 1.93 bits per heavy atom.